The van der Waals surface area contributed by atoms with Crippen molar-refractivity contribution in [1.29, 1.82) is 0 Å². The standard InChI is InChI=1S/C24H33ClN2O2/c25-21-4-3-18(22(28)19-2-1-5-26-13-19)9-20(21)23(29)27-14-24-10-15-6-16(11-24)8-17(7-15)12-24/h3-4,9,15-17,19,22,26,28H,1-2,5-8,10-14H2,(H,27,29). The summed E-state index contributed by atoms with van der Waals surface area (Å²) in [6.07, 6.45) is 9.59. The Morgan fingerprint density at radius 1 is 1.21 bits per heavy atom. The topological polar surface area (TPSA) is 61.4 Å². The molecule has 1 heterocycles. The molecule has 4 nitrogen and oxygen atoms in total. The van der Waals surface area contributed by atoms with Crippen LogP contribution in [0.1, 0.15) is 73.4 Å². The molecule has 5 fully saturated rings. The van der Waals surface area contributed by atoms with E-state index in [1.54, 1.807) is 12.1 Å². The van der Waals surface area contributed by atoms with E-state index in [9.17, 15) is 9.90 Å². The van der Waals surface area contributed by atoms with Crippen molar-refractivity contribution < 1.29 is 9.90 Å². The normalized spacial score (nSPS) is 36.8. The van der Waals surface area contributed by atoms with Crippen molar-refractivity contribution in [2.75, 3.05) is 19.6 Å². The first-order valence-corrected chi connectivity index (χ1v) is 11.9. The summed E-state index contributed by atoms with van der Waals surface area (Å²) in [6, 6.07) is 5.42. The fraction of sp³-hybridized carbons (Fsp3) is 0.708. The van der Waals surface area contributed by atoms with E-state index in [2.05, 4.69) is 10.6 Å². The maximum atomic E-state index is 13.0. The summed E-state index contributed by atoms with van der Waals surface area (Å²) in [4.78, 5) is 13.0. The number of carbonyl (C=O) groups excluding carboxylic acids is 1. The van der Waals surface area contributed by atoms with Gasteiger partial charge in [-0.05, 0) is 98.8 Å². The van der Waals surface area contributed by atoms with Gasteiger partial charge in [0.25, 0.3) is 5.91 Å². The molecule has 2 unspecified atom stereocenters. The Kier molecular flexibility index (Phi) is 5.38. The smallest absolute Gasteiger partial charge is 0.252 e. The number of rotatable bonds is 5. The number of carbonyl (C=O) groups is 1. The molecule has 5 aliphatic rings. The van der Waals surface area contributed by atoms with Crippen LogP contribution < -0.4 is 10.6 Å². The summed E-state index contributed by atoms with van der Waals surface area (Å²) in [5.74, 6) is 2.73. The fourth-order valence-corrected chi connectivity index (χ4v) is 7.39. The minimum absolute atomic E-state index is 0.0958. The molecule has 29 heavy (non-hydrogen) atoms. The summed E-state index contributed by atoms with van der Waals surface area (Å²) < 4.78 is 0. The molecule has 0 radical (unpaired) electrons. The van der Waals surface area contributed by atoms with Crippen molar-refractivity contribution >= 4 is 17.5 Å². The summed E-state index contributed by atoms with van der Waals surface area (Å²) in [5.41, 5.74) is 1.60. The van der Waals surface area contributed by atoms with E-state index in [-0.39, 0.29) is 11.8 Å². The molecule has 1 saturated heterocycles. The highest BCUT2D eigenvalue weighted by Crippen LogP contribution is 2.59. The molecule has 1 aliphatic heterocycles. The monoisotopic (exact) mass is 416 g/mol. The van der Waals surface area contributed by atoms with Crippen molar-refractivity contribution in [1.82, 2.24) is 10.6 Å². The minimum atomic E-state index is -0.560. The zero-order chi connectivity index (χ0) is 20.0. The maximum absolute atomic E-state index is 13.0. The van der Waals surface area contributed by atoms with Gasteiger partial charge in [0.15, 0.2) is 0 Å². The Hall–Kier alpha value is -1.10. The Bertz CT molecular complexity index is 739. The molecular formula is C24H33ClN2O2. The van der Waals surface area contributed by atoms with Crippen LogP contribution in [0.5, 0.6) is 0 Å². The number of hydrogen-bond donors (Lipinski definition) is 3. The van der Waals surface area contributed by atoms with Crippen LogP contribution in [0.3, 0.4) is 0 Å². The number of halogens is 1. The van der Waals surface area contributed by atoms with Crippen LogP contribution in [0.25, 0.3) is 0 Å². The summed E-state index contributed by atoms with van der Waals surface area (Å²) in [5, 5.41) is 17.9. The third-order valence-electron chi connectivity index (χ3n) is 8.15. The Labute approximate surface area is 178 Å². The molecule has 0 aromatic heterocycles. The molecule has 1 aromatic carbocycles. The lowest BCUT2D eigenvalue weighted by Gasteiger charge is -2.56. The van der Waals surface area contributed by atoms with Crippen LogP contribution in [-0.4, -0.2) is 30.6 Å². The van der Waals surface area contributed by atoms with E-state index in [1.165, 1.54) is 38.5 Å². The predicted molar refractivity (Wildman–Crippen MR) is 115 cm³/mol. The molecule has 6 rings (SSSR count). The minimum Gasteiger partial charge on any atom is -0.388 e. The van der Waals surface area contributed by atoms with Gasteiger partial charge in [-0.15, -0.1) is 0 Å². The van der Waals surface area contributed by atoms with Crippen LogP contribution in [0.4, 0.5) is 0 Å². The van der Waals surface area contributed by atoms with Crippen LogP contribution >= 0.6 is 11.6 Å². The van der Waals surface area contributed by atoms with E-state index >= 15 is 0 Å². The maximum Gasteiger partial charge on any atom is 0.252 e. The van der Waals surface area contributed by atoms with Crippen molar-refractivity contribution in [3.8, 4) is 0 Å². The number of piperidine rings is 1. The third kappa shape index (κ3) is 3.96. The fourth-order valence-electron chi connectivity index (χ4n) is 7.19. The molecular weight excluding hydrogens is 384 g/mol. The van der Waals surface area contributed by atoms with Crippen molar-refractivity contribution in [2.45, 2.75) is 57.5 Å². The second-order valence-electron chi connectivity index (χ2n) is 10.4. The SMILES string of the molecule is O=C(NCC12CC3CC(CC(C3)C1)C2)c1cc(C(O)C2CCCNC2)ccc1Cl. The predicted octanol–water partition coefficient (Wildman–Crippen LogP) is 4.32. The van der Waals surface area contributed by atoms with Gasteiger partial charge in [-0.25, -0.2) is 0 Å². The Morgan fingerprint density at radius 3 is 2.52 bits per heavy atom. The number of amides is 1. The molecule has 1 amide bonds. The van der Waals surface area contributed by atoms with Gasteiger partial charge in [-0.2, -0.15) is 0 Å². The zero-order valence-corrected chi connectivity index (χ0v) is 17.9. The highest BCUT2D eigenvalue weighted by molar-refractivity contribution is 6.33. The lowest BCUT2D eigenvalue weighted by Crippen LogP contribution is -2.51. The van der Waals surface area contributed by atoms with E-state index in [1.807, 2.05) is 6.07 Å². The molecule has 2 atom stereocenters. The van der Waals surface area contributed by atoms with E-state index in [0.717, 1.165) is 55.8 Å². The molecule has 4 bridgehead atoms. The van der Waals surface area contributed by atoms with E-state index < -0.39 is 6.10 Å². The first-order chi connectivity index (χ1) is 14.0. The summed E-state index contributed by atoms with van der Waals surface area (Å²) >= 11 is 6.38. The molecule has 3 N–H and O–H groups in total. The molecule has 0 spiro atoms. The van der Waals surface area contributed by atoms with Gasteiger partial charge < -0.3 is 15.7 Å². The van der Waals surface area contributed by atoms with Gasteiger partial charge in [0.05, 0.1) is 16.7 Å². The summed E-state index contributed by atoms with van der Waals surface area (Å²) in [6.45, 7) is 2.60. The van der Waals surface area contributed by atoms with Gasteiger partial charge >= 0.3 is 0 Å². The van der Waals surface area contributed by atoms with E-state index in [0.29, 0.717) is 16.0 Å². The van der Waals surface area contributed by atoms with Crippen LogP contribution in [0, 0.1) is 29.1 Å². The lowest BCUT2D eigenvalue weighted by molar-refractivity contribution is -0.0503. The Morgan fingerprint density at radius 2 is 1.90 bits per heavy atom. The van der Waals surface area contributed by atoms with Crippen LogP contribution in [-0.2, 0) is 0 Å². The number of nitrogens with one attached hydrogen (secondary N) is 2. The summed E-state index contributed by atoms with van der Waals surface area (Å²) in [7, 11) is 0. The number of aliphatic hydroxyl groups is 1. The van der Waals surface area contributed by atoms with Gasteiger partial charge in [-0.1, -0.05) is 17.7 Å². The number of hydrogen-bond acceptors (Lipinski definition) is 3. The molecule has 4 aliphatic carbocycles. The quantitative estimate of drug-likeness (QED) is 0.669. The highest BCUT2D eigenvalue weighted by atomic mass is 35.5. The van der Waals surface area contributed by atoms with Crippen molar-refractivity contribution in [2.24, 2.45) is 29.1 Å². The molecule has 5 heteroatoms. The zero-order valence-electron chi connectivity index (χ0n) is 17.1. The number of aliphatic hydroxyl groups excluding tert-OH is 1. The molecule has 1 aromatic rings. The van der Waals surface area contributed by atoms with E-state index in [4.69, 9.17) is 11.6 Å². The average molecular weight is 417 g/mol. The third-order valence-corrected chi connectivity index (χ3v) is 8.48. The van der Waals surface area contributed by atoms with Gasteiger partial charge in [-0.3, -0.25) is 4.79 Å². The van der Waals surface area contributed by atoms with Gasteiger partial charge in [0.2, 0.25) is 0 Å². The van der Waals surface area contributed by atoms with Crippen molar-refractivity contribution in [3.63, 3.8) is 0 Å². The lowest BCUT2D eigenvalue weighted by atomic mass is 9.49. The molecule has 158 valence electrons. The van der Waals surface area contributed by atoms with Crippen LogP contribution in [0.15, 0.2) is 18.2 Å². The first-order valence-electron chi connectivity index (χ1n) is 11.5. The largest absolute Gasteiger partial charge is 0.388 e. The number of benzene rings is 1. The second-order valence-corrected chi connectivity index (χ2v) is 10.8. The van der Waals surface area contributed by atoms with Gasteiger partial charge in [0.1, 0.15) is 0 Å². The average Bonchev–Trinajstić information content (AvgIpc) is 2.71. The Balaban J connectivity index is 1.27. The molecule has 4 saturated carbocycles. The second kappa shape index (κ2) is 7.86. The van der Waals surface area contributed by atoms with Crippen LogP contribution in [0.2, 0.25) is 5.02 Å². The van der Waals surface area contributed by atoms with Crippen molar-refractivity contribution in [3.05, 3.63) is 34.3 Å². The highest BCUT2D eigenvalue weighted by Gasteiger charge is 2.50. The van der Waals surface area contributed by atoms with Gasteiger partial charge in [0, 0.05) is 19.0 Å². The first kappa shape index (κ1) is 19.8.